The Bertz CT molecular complexity index is 1160. The highest BCUT2D eigenvalue weighted by Gasteiger charge is 2.42. The van der Waals surface area contributed by atoms with Gasteiger partial charge in [0.2, 0.25) is 0 Å². The molecule has 1 aliphatic heterocycles. The molecule has 158 valence electrons. The minimum Gasteiger partial charge on any atom is -0.467 e. The Balaban J connectivity index is 1.73. The highest BCUT2D eigenvalue weighted by atomic mass is 19.1. The van der Waals surface area contributed by atoms with Crippen molar-refractivity contribution in [1.29, 1.82) is 0 Å². The minimum absolute atomic E-state index is 0.103. The standard InChI is InChI=1S/C26H25FN2O2/c1-26(2)14-20-24(22(30)15-26)25(23-12-7-13-31-23)29(16-17-8-3-4-9-18(17)27)21-11-6-5-10-19(21)28-20/h3-13,25,28H,14-16H2,1-2H3/t25-/m1/s1. The molecule has 0 amide bonds. The number of benzene rings is 2. The number of allylic oxidation sites excluding steroid dienone is 1. The van der Waals surface area contributed by atoms with E-state index in [2.05, 4.69) is 24.1 Å². The Morgan fingerprint density at radius 1 is 1.06 bits per heavy atom. The van der Waals surface area contributed by atoms with E-state index in [-0.39, 0.29) is 17.0 Å². The van der Waals surface area contributed by atoms with Crippen LogP contribution >= 0.6 is 0 Å². The second-order valence-electron chi connectivity index (χ2n) is 9.11. The highest BCUT2D eigenvalue weighted by molar-refractivity contribution is 6.01. The van der Waals surface area contributed by atoms with Crippen LogP contribution < -0.4 is 10.2 Å². The van der Waals surface area contributed by atoms with E-state index in [4.69, 9.17) is 4.42 Å². The first-order valence-corrected chi connectivity index (χ1v) is 10.6. The number of carbonyl (C=O) groups excluding carboxylic acids is 1. The Kier molecular flexibility index (Phi) is 4.69. The molecular weight excluding hydrogens is 391 g/mol. The van der Waals surface area contributed by atoms with Crippen LogP contribution in [0.15, 0.2) is 82.6 Å². The number of nitrogens with zero attached hydrogens (tertiary/aromatic N) is 1. The number of carbonyl (C=O) groups is 1. The van der Waals surface area contributed by atoms with Gasteiger partial charge in [-0.25, -0.2) is 4.39 Å². The average molecular weight is 416 g/mol. The molecule has 0 spiro atoms. The number of fused-ring (bicyclic) bond motifs is 1. The van der Waals surface area contributed by atoms with Crippen LogP contribution in [-0.2, 0) is 11.3 Å². The molecule has 0 saturated carbocycles. The lowest BCUT2D eigenvalue weighted by molar-refractivity contribution is -0.118. The van der Waals surface area contributed by atoms with Crippen molar-refractivity contribution < 1.29 is 13.6 Å². The molecule has 2 heterocycles. The number of anilines is 2. The molecule has 2 aliphatic rings. The fourth-order valence-corrected chi connectivity index (χ4v) is 4.78. The Morgan fingerprint density at radius 2 is 1.84 bits per heavy atom. The third kappa shape index (κ3) is 3.54. The van der Waals surface area contributed by atoms with Gasteiger partial charge >= 0.3 is 0 Å². The highest BCUT2D eigenvalue weighted by Crippen LogP contribution is 2.48. The van der Waals surface area contributed by atoms with Crippen molar-refractivity contribution in [3.63, 3.8) is 0 Å². The third-order valence-corrected chi connectivity index (χ3v) is 6.12. The number of ketones is 1. The van der Waals surface area contributed by atoms with Crippen molar-refractivity contribution in [3.8, 4) is 0 Å². The summed E-state index contributed by atoms with van der Waals surface area (Å²) in [6.07, 6.45) is 2.85. The van der Waals surface area contributed by atoms with E-state index in [1.807, 2.05) is 42.5 Å². The first-order valence-electron chi connectivity index (χ1n) is 10.6. The van der Waals surface area contributed by atoms with Crippen LogP contribution in [0.4, 0.5) is 15.8 Å². The van der Waals surface area contributed by atoms with Gasteiger partial charge in [-0.3, -0.25) is 4.79 Å². The molecule has 0 saturated heterocycles. The van der Waals surface area contributed by atoms with Crippen LogP contribution in [0.2, 0.25) is 0 Å². The molecule has 4 nitrogen and oxygen atoms in total. The van der Waals surface area contributed by atoms with E-state index < -0.39 is 6.04 Å². The van der Waals surface area contributed by atoms with Gasteiger partial charge in [-0.2, -0.15) is 0 Å². The lowest BCUT2D eigenvalue weighted by atomic mass is 9.74. The SMILES string of the molecule is CC1(C)CC(=O)C2=C(C1)Nc1ccccc1N(Cc1ccccc1F)[C@@H]2c1ccco1. The first kappa shape index (κ1) is 19.6. The van der Waals surface area contributed by atoms with Crippen molar-refractivity contribution in [1.82, 2.24) is 0 Å². The summed E-state index contributed by atoms with van der Waals surface area (Å²) in [5, 5.41) is 3.55. The molecule has 5 heteroatoms. The number of hydrogen-bond acceptors (Lipinski definition) is 4. The van der Waals surface area contributed by atoms with Crippen LogP contribution in [0.3, 0.4) is 0 Å². The average Bonchev–Trinajstić information content (AvgIpc) is 3.21. The fraction of sp³-hybridized carbons (Fsp3) is 0.269. The smallest absolute Gasteiger partial charge is 0.163 e. The summed E-state index contributed by atoms with van der Waals surface area (Å²) in [5.41, 5.74) is 3.89. The van der Waals surface area contributed by atoms with Gasteiger partial charge in [0.15, 0.2) is 5.78 Å². The van der Waals surface area contributed by atoms with Crippen LogP contribution in [0.5, 0.6) is 0 Å². The van der Waals surface area contributed by atoms with Gasteiger partial charge in [-0.15, -0.1) is 0 Å². The second kappa shape index (κ2) is 7.41. The molecule has 1 N–H and O–H groups in total. The number of furan rings is 1. The van der Waals surface area contributed by atoms with Crippen molar-refractivity contribution in [2.75, 3.05) is 10.2 Å². The molecular formula is C26H25FN2O2. The van der Waals surface area contributed by atoms with Crippen molar-refractivity contribution in [2.45, 2.75) is 39.3 Å². The summed E-state index contributed by atoms with van der Waals surface area (Å²) in [5.74, 6) is 0.516. The number of para-hydroxylation sites is 2. The van der Waals surface area contributed by atoms with E-state index in [1.165, 1.54) is 6.07 Å². The number of rotatable bonds is 3. The zero-order valence-electron chi connectivity index (χ0n) is 17.7. The summed E-state index contributed by atoms with van der Waals surface area (Å²) in [6.45, 7) is 4.54. The Labute approximate surface area is 181 Å². The Morgan fingerprint density at radius 3 is 2.61 bits per heavy atom. The van der Waals surface area contributed by atoms with Crippen LogP contribution in [-0.4, -0.2) is 5.78 Å². The van der Waals surface area contributed by atoms with Crippen molar-refractivity contribution in [2.24, 2.45) is 5.41 Å². The maximum absolute atomic E-state index is 14.7. The second-order valence-corrected chi connectivity index (χ2v) is 9.11. The third-order valence-electron chi connectivity index (χ3n) is 6.12. The van der Waals surface area contributed by atoms with E-state index >= 15 is 0 Å². The lowest BCUT2D eigenvalue weighted by Gasteiger charge is -2.37. The van der Waals surface area contributed by atoms with E-state index in [0.29, 0.717) is 29.9 Å². The van der Waals surface area contributed by atoms with Gasteiger partial charge in [0, 0.05) is 29.8 Å². The number of Topliss-reactive ketones (excluding diaryl/α,β-unsaturated/α-hetero) is 1. The fourth-order valence-electron chi connectivity index (χ4n) is 4.78. The molecule has 1 aromatic heterocycles. The number of halogens is 1. The molecule has 3 aromatic rings. The van der Waals surface area contributed by atoms with Gasteiger partial charge in [0.1, 0.15) is 17.6 Å². The predicted octanol–water partition coefficient (Wildman–Crippen LogP) is 6.24. The van der Waals surface area contributed by atoms with Gasteiger partial charge in [0.05, 0.1) is 17.6 Å². The summed E-state index contributed by atoms with van der Waals surface area (Å²) >= 11 is 0. The quantitative estimate of drug-likeness (QED) is 0.549. The molecule has 2 aromatic carbocycles. The summed E-state index contributed by atoms with van der Waals surface area (Å²) in [7, 11) is 0. The number of nitrogens with one attached hydrogen (secondary N) is 1. The minimum atomic E-state index is -0.440. The lowest BCUT2D eigenvalue weighted by Crippen LogP contribution is -2.36. The van der Waals surface area contributed by atoms with E-state index in [1.54, 1.807) is 18.4 Å². The maximum Gasteiger partial charge on any atom is 0.163 e. The van der Waals surface area contributed by atoms with Gasteiger partial charge in [-0.05, 0) is 42.2 Å². The molecule has 1 atom stereocenters. The molecule has 0 radical (unpaired) electrons. The summed E-state index contributed by atoms with van der Waals surface area (Å²) in [6, 6.07) is 18.0. The topological polar surface area (TPSA) is 45.5 Å². The van der Waals surface area contributed by atoms with Gasteiger partial charge in [-0.1, -0.05) is 44.2 Å². The monoisotopic (exact) mass is 416 g/mol. The molecule has 0 unspecified atom stereocenters. The van der Waals surface area contributed by atoms with Crippen molar-refractivity contribution in [3.05, 3.63) is 95.3 Å². The first-order chi connectivity index (χ1) is 14.9. The zero-order valence-corrected chi connectivity index (χ0v) is 17.7. The van der Waals surface area contributed by atoms with Gasteiger partial charge < -0.3 is 14.6 Å². The molecule has 0 bridgehead atoms. The zero-order chi connectivity index (χ0) is 21.6. The molecule has 1 aliphatic carbocycles. The molecule has 5 rings (SSSR count). The normalized spacial score (nSPS) is 20.0. The molecule has 0 fully saturated rings. The van der Waals surface area contributed by atoms with Gasteiger partial charge in [0.25, 0.3) is 0 Å². The molecule has 31 heavy (non-hydrogen) atoms. The van der Waals surface area contributed by atoms with Crippen molar-refractivity contribution >= 4 is 17.2 Å². The Hall–Kier alpha value is -3.34. The van der Waals surface area contributed by atoms with E-state index in [9.17, 15) is 9.18 Å². The predicted molar refractivity (Wildman–Crippen MR) is 119 cm³/mol. The summed E-state index contributed by atoms with van der Waals surface area (Å²) in [4.78, 5) is 15.6. The van der Waals surface area contributed by atoms with E-state index in [0.717, 1.165) is 23.5 Å². The van der Waals surface area contributed by atoms with Crippen LogP contribution in [0, 0.1) is 11.2 Å². The maximum atomic E-state index is 14.7. The summed E-state index contributed by atoms with van der Waals surface area (Å²) < 4.78 is 20.5. The largest absolute Gasteiger partial charge is 0.467 e. The van der Waals surface area contributed by atoms with Crippen LogP contribution in [0.1, 0.15) is 44.1 Å². The van der Waals surface area contributed by atoms with Crippen LogP contribution in [0.25, 0.3) is 0 Å². The number of hydrogen-bond donors (Lipinski definition) is 1.